The molecule has 1 aromatic carbocycles. The van der Waals surface area contributed by atoms with Gasteiger partial charge in [-0.1, -0.05) is 18.2 Å². The van der Waals surface area contributed by atoms with E-state index in [-0.39, 0.29) is 5.75 Å². The molecule has 0 fully saturated rings. The Labute approximate surface area is 82.9 Å². The first kappa shape index (κ1) is 8.75. The quantitative estimate of drug-likeness (QED) is 0.741. The third-order valence-corrected chi connectivity index (χ3v) is 2.13. The number of nitrogens with zero attached hydrogens (tertiary/aromatic N) is 1. The second-order valence-electron chi connectivity index (χ2n) is 3.22. The summed E-state index contributed by atoms with van der Waals surface area (Å²) in [7, 11) is 0. The van der Waals surface area contributed by atoms with Crippen molar-refractivity contribution in [3.8, 4) is 17.0 Å². The van der Waals surface area contributed by atoms with Gasteiger partial charge >= 0.3 is 0 Å². The lowest BCUT2D eigenvalue weighted by atomic mass is 10.1. The number of pyridine rings is 1. The lowest BCUT2D eigenvalue weighted by molar-refractivity contribution is 0.475. The van der Waals surface area contributed by atoms with Gasteiger partial charge in [0, 0.05) is 11.8 Å². The van der Waals surface area contributed by atoms with Gasteiger partial charge in [0.15, 0.2) is 0 Å². The van der Waals surface area contributed by atoms with Crippen LogP contribution >= 0.6 is 0 Å². The number of hydrogen-bond donors (Lipinski definition) is 1. The van der Waals surface area contributed by atoms with Crippen molar-refractivity contribution >= 4 is 0 Å². The minimum absolute atomic E-state index is 0.271. The molecule has 0 atom stereocenters. The minimum atomic E-state index is 0.271. The van der Waals surface area contributed by atoms with Gasteiger partial charge in [-0.25, -0.2) is 0 Å². The molecule has 0 bridgehead atoms. The third kappa shape index (κ3) is 1.59. The van der Waals surface area contributed by atoms with Gasteiger partial charge in [-0.3, -0.25) is 4.98 Å². The summed E-state index contributed by atoms with van der Waals surface area (Å²) in [6.45, 7) is 2.01. The molecule has 2 rings (SSSR count). The second kappa shape index (κ2) is 3.50. The van der Waals surface area contributed by atoms with Crippen molar-refractivity contribution in [2.45, 2.75) is 6.92 Å². The number of hydrogen-bond acceptors (Lipinski definition) is 2. The molecule has 70 valence electrons. The van der Waals surface area contributed by atoms with E-state index in [2.05, 4.69) is 4.98 Å². The Morgan fingerprint density at radius 1 is 1.14 bits per heavy atom. The standard InChI is InChI=1S/C12H11NO/c1-9-4-3-7-13-12(9)10-5-2-6-11(14)8-10/h2-8,14H,1H3. The summed E-state index contributed by atoms with van der Waals surface area (Å²) in [6, 6.07) is 11.0. The van der Waals surface area contributed by atoms with E-state index < -0.39 is 0 Å². The minimum Gasteiger partial charge on any atom is -0.508 e. The molecule has 14 heavy (non-hydrogen) atoms. The maximum Gasteiger partial charge on any atom is 0.116 e. The molecular weight excluding hydrogens is 174 g/mol. The van der Waals surface area contributed by atoms with Gasteiger partial charge < -0.3 is 5.11 Å². The number of aromatic nitrogens is 1. The zero-order chi connectivity index (χ0) is 9.97. The molecule has 0 saturated heterocycles. The molecule has 1 aromatic heterocycles. The van der Waals surface area contributed by atoms with E-state index in [0.717, 1.165) is 16.8 Å². The Hall–Kier alpha value is -1.83. The summed E-state index contributed by atoms with van der Waals surface area (Å²) in [5.41, 5.74) is 2.98. The molecule has 0 aliphatic heterocycles. The van der Waals surface area contributed by atoms with E-state index >= 15 is 0 Å². The molecular formula is C12H11NO. The highest BCUT2D eigenvalue weighted by Crippen LogP contribution is 2.23. The molecule has 1 N–H and O–H groups in total. The maximum atomic E-state index is 9.34. The van der Waals surface area contributed by atoms with Crippen LogP contribution in [0.2, 0.25) is 0 Å². The molecule has 2 aromatic rings. The molecule has 0 radical (unpaired) electrons. The van der Waals surface area contributed by atoms with Gasteiger partial charge in [-0.15, -0.1) is 0 Å². The Bertz CT molecular complexity index is 452. The van der Waals surface area contributed by atoms with Crippen LogP contribution in [0.15, 0.2) is 42.6 Å². The third-order valence-electron chi connectivity index (χ3n) is 2.13. The van der Waals surface area contributed by atoms with E-state index in [1.54, 1.807) is 18.3 Å². The Balaban J connectivity index is 2.55. The normalized spacial score (nSPS) is 10.1. The summed E-state index contributed by atoms with van der Waals surface area (Å²) in [5.74, 6) is 0.271. The van der Waals surface area contributed by atoms with Crippen LogP contribution in [0.25, 0.3) is 11.3 Å². The van der Waals surface area contributed by atoms with Crippen LogP contribution in [-0.4, -0.2) is 10.1 Å². The molecule has 0 amide bonds. The molecule has 1 heterocycles. The average molecular weight is 185 g/mol. The predicted octanol–water partition coefficient (Wildman–Crippen LogP) is 2.76. The SMILES string of the molecule is Cc1cccnc1-c1cccc(O)c1. The van der Waals surface area contributed by atoms with E-state index in [1.165, 1.54) is 0 Å². The van der Waals surface area contributed by atoms with E-state index in [4.69, 9.17) is 0 Å². The smallest absolute Gasteiger partial charge is 0.116 e. The fourth-order valence-electron chi connectivity index (χ4n) is 1.44. The summed E-state index contributed by atoms with van der Waals surface area (Å²) in [6.07, 6.45) is 1.76. The van der Waals surface area contributed by atoms with Crippen molar-refractivity contribution in [1.29, 1.82) is 0 Å². The Kier molecular flexibility index (Phi) is 2.19. The Morgan fingerprint density at radius 3 is 2.71 bits per heavy atom. The maximum absolute atomic E-state index is 9.34. The van der Waals surface area contributed by atoms with Crippen LogP contribution in [0.3, 0.4) is 0 Å². The lowest BCUT2D eigenvalue weighted by Gasteiger charge is -2.04. The van der Waals surface area contributed by atoms with Crippen LogP contribution in [0.4, 0.5) is 0 Å². The Morgan fingerprint density at radius 2 is 2.00 bits per heavy atom. The van der Waals surface area contributed by atoms with Gasteiger partial charge in [-0.05, 0) is 30.7 Å². The van der Waals surface area contributed by atoms with Crippen LogP contribution in [0, 0.1) is 6.92 Å². The zero-order valence-corrected chi connectivity index (χ0v) is 7.94. The number of benzene rings is 1. The predicted molar refractivity (Wildman–Crippen MR) is 56.1 cm³/mol. The van der Waals surface area contributed by atoms with Crippen LogP contribution in [0.5, 0.6) is 5.75 Å². The summed E-state index contributed by atoms with van der Waals surface area (Å²) in [4.78, 5) is 4.28. The first-order valence-electron chi connectivity index (χ1n) is 4.48. The van der Waals surface area contributed by atoms with Gasteiger partial charge in [0.25, 0.3) is 0 Å². The number of phenols is 1. The highest BCUT2D eigenvalue weighted by molar-refractivity contribution is 5.64. The molecule has 2 heteroatoms. The molecule has 0 spiro atoms. The number of rotatable bonds is 1. The van der Waals surface area contributed by atoms with Crippen molar-refractivity contribution < 1.29 is 5.11 Å². The van der Waals surface area contributed by atoms with Gasteiger partial charge in [0.2, 0.25) is 0 Å². The van der Waals surface area contributed by atoms with Crippen molar-refractivity contribution in [3.05, 3.63) is 48.2 Å². The fourth-order valence-corrected chi connectivity index (χ4v) is 1.44. The molecule has 2 nitrogen and oxygen atoms in total. The summed E-state index contributed by atoms with van der Waals surface area (Å²) < 4.78 is 0. The topological polar surface area (TPSA) is 33.1 Å². The van der Waals surface area contributed by atoms with E-state index in [9.17, 15) is 5.11 Å². The molecule has 0 saturated carbocycles. The van der Waals surface area contributed by atoms with Crippen LogP contribution in [0.1, 0.15) is 5.56 Å². The van der Waals surface area contributed by atoms with Gasteiger partial charge in [0.05, 0.1) is 5.69 Å². The van der Waals surface area contributed by atoms with Gasteiger partial charge in [-0.2, -0.15) is 0 Å². The largest absolute Gasteiger partial charge is 0.508 e. The van der Waals surface area contributed by atoms with Crippen molar-refractivity contribution in [2.24, 2.45) is 0 Å². The van der Waals surface area contributed by atoms with Crippen molar-refractivity contribution in [3.63, 3.8) is 0 Å². The summed E-state index contributed by atoms with van der Waals surface area (Å²) in [5, 5.41) is 9.34. The fraction of sp³-hybridized carbons (Fsp3) is 0.0833. The average Bonchev–Trinajstić information content (AvgIpc) is 2.18. The number of phenolic OH excluding ortho intramolecular Hbond substituents is 1. The number of aromatic hydroxyl groups is 1. The van der Waals surface area contributed by atoms with Crippen molar-refractivity contribution in [1.82, 2.24) is 4.98 Å². The highest BCUT2D eigenvalue weighted by Gasteiger charge is 2.02. The second-order valence-corrected chi connectivity index (χ2v) is 3.22. The first-order chi connectivity index (χ1) is 6.77. The monoisotopic (exact) mass is 185 g/mol. The summed E-state index contributed by atoms with van der Waals surface area (Å²) >= 11 is 0. The van der Waals surface area contributed by atoms with E-state index in [1.807, 2.05) is 31.2 Å². The highest BCUT2D eigenvalue weighted by atomic mass is 16.3. The van der Waals surface area contributed by atoms with Gasteiger partial charge in [0.1, 0.15) is 5.75 Å². The van der Waals surface area contributed by atoms with Crippen LogP contribution < -0.4 is 0 Å². The molecule has 0 unspecified atom stereocenters. The van der Waals surface area contributed by atoms with Crippen molar-refractivity contribution in [2.75, 3.05) is 0 Å². The van der Waals surface area contributed by atoms with E-state index in [0.29, 0.717) is 0 Å². The lowest BCUT2D eigenvalue weighted by Crippen LogP contribution is -1.86. The number of aryl methyl sites for hydroxylation is 1. The van der Waals surface area contributed by atoms with Crippen LogP contribution in [-0.2, 0) is 0 Å². The molecule has 0 aliphatic carbocycles. The molecule has 0 aliphatic rings. The first-order valence-corrected chi connectivity index (χ1v) is 4.48. The zero-order valence-electron chi connectivity index (χ0n) is 7.94.